The molecule has 0 aliphatic rings. The van der Waals surface area contributed by atoms with Gasteiger partial charge in [-0.2, -0.15) is 0 Å². The van der Waals surface area contributed by atoms with Crippen LogP contribution in [0, 0.1) is 0 Å². The van der Waals surface area contributed by atoms with E-state index in [9.17, 15) is 0 Å². The molecule has 0 unspecified atom stereocenters. The molecular formula is C13H9ClN2OS. The van der Waals surface area contributed by atoms with E-state index >= 15 is 0 Å². The van der Waals surface area contributed by atoms with Gasteiger partial charge in [0.1, 0.15) is 11.4 Å². The van der Waals surface area contributed by atoms with Crippen molar-refractivity contribution in [2.24, 2.45) is 0 Å². The van der Waals surface area contributed by atoms with Gasteiger partial charge in [-0.3, -0.25) is 0 Å². The van der Waals surface area contributed by atoms with Crippen LogP contribution >= 0.6 is 23.4 Å². The van der Waals surface area contributed by atoms with E-state index < -0.39 is 0 Å². The van der Waals surface area contributed by atoms with Gasteiger partial charge in [-0.25, -0.2) is 9.97 Å². The van der Waals surface area contributed by atoms with Gasteiger partial charge in [-0.1, -0.05) is 41.6 Å². The first-order valence-corrected chi connectivity index (χ1v) is 6.76. The van der Waals surface area contributed by atoms with Crippen molar-refractivity contribution < 1.29 is 4.42 Å². The Balaban J connectivity index is 1.89. The van der Waals surface area contributed by atoms with Crippen LogP contribution in [0.4, 0.5) is 0 Å². The fraction of sp³-hybridized carbons (Fsp3) is 0.0769. The number of aromatic nitrogens is 2. The fourth-order valence-corrected chi connectivity index (χ4v) is 2.71. The average molecular weight is 277 g/mol. The number of para-hydroxylation sites is 1. The highest BCUT2D eigenvalue weighted by molar-refractivity contribution is 7.98. The van der Waals surface area contributed by atoms with E-state index in [0.29, 0.717) is 16.1 Å². The number of nitrogens with zero attached hydrogens (tertiary/aromatic N) is 2. The monoisotopic (exact) mass is 276 g/mol. The third kappa shape index (κ3) is 2.35. The van der Waals surface area contributed by atoms with E-state index in [0.717, 1.165) is 16.5 Å². The Morgan fingerprint density at radius 1 is 1.28 bits per heavy atom. The summed E-state index contributed by atoms with van der Waals surface area (Å²) >= 11 is 7.67. The molecular weight excluding hydrogens is 268 g/mol. The topological polar surface area (TPSA) is 38.9 Å². The second kappa shape index (κ2) is 5.00. The molecule has 0 atom stereocenters. The van der Waals surface area contributed by atoms with Crippen molar-refractivity contribution in [2.75, 3.05) is 0 Å². The molecule has 2 aromatic heterocycles. The standard InChI is InChI=1S/C13H9ClN2OS/c14-12-10(8-18-13-15-5-6-17-13)7-9-3-1-2-4-11(9)16-12/h1-7H,8H2. The molecule has 2 heterocycles. The van der Waals surface area contributed by atoms with Gasteiger partial charge in [0.25, 0.3) is 5.22 Å². The molecule has 0 aliphatic heterocycles. The van der Waals surface area contributed by atoms with E-state index in [1.54, 1.807) is 12.5 Å². The number of oxazole rings is 1. The lowest BCUT2D eigenvalue weighted by atomic mass is 10.2. The van der Waals surface area contributed by atoms with Gasteiger partial charge in [0, 0.05) is 16.7 Å². The van der Waals surface area contributed by atoms with Gasteiger partial charge in [-0.15, -0.1) is 0 Å². The molecule has 0 spiro atoms. The van der Waals surface area contributed by atoms with Gasteiger partial charge in [0.05, 0.1) is 11.7 Å². The average Bonchev–Trinajstić information content (AvgIpc) is 2.89. The van der Waals surface area contributed by atoms with Crippen LogP contribution in [0.2, 0.25) is 5.15 Å². The van der Waals surface area contributed by atoms with E-state index in [2.05, 4.69) is 16.0 Å². The Kier molecular flexibility index (Phi) is 3.21. The largest absolute Gasteiger partial charge is 0.440 e. The molecule has 90 valence electrons. The lowest BCUT2D eigenvalue weighted by molar-refractivity contribution is 0.454. The lowest BCUT2D eigenvalue weighted by Crippen LogP contribution is -1.88. The maximum Gasteiger partial charge on any atom is 0.255 e. The van der Waals surface area contributed by atoms with Gasteiger partial charge in [0.2, 0.25) is 0 Å². The number of halogens is 1. The highest BCUT2D eigenvalue weighted by Gasteiger charge is 2.07. The van der Waals surface area contributed by atoms with Crippen LogP contribution in [0.25, 0.3) is 10.9 Å². The second-order valence-corrected chi connectivity index (χ2v) is 5.00. The Hall–Kier alpha value is -1.52. The number of rotatable bonds is 3. The first kappa shape index (κ1) is 11.6. The minimum absolute atomic E-state index is 0.535. The van der Waals surface area contributed by atoms with Crippen LogP contribution < -0.4 is 0 Å². The molecule has 18 heavy (non-hydrogen) atoms. The van der Waals surface area contributed by atoms with Gasteiger partial charge in [-0.05, 0) is 12.1 Å². The summed E-state index contributed by atoms with van der Waals surface area (Å²) in [4.78, 5) is 8.43. The predicted octanol–water partition coefficient (Wildman–Crippen LogP) is 4.17. The Labute approximate surface area is 113 Å². The molecule has 3 nitrogen and oxygen atoms in total. The summed E-state index contributed by atoms with van der Waals surface area (Å²) in [5.74, 6) is 0.692. The molecule has 0 saturated heterocycles. The van der Waals surface area contributed by atoms with Crippen LogP contribution in [0.15, 0.2) is 52.4 Å². The van der Waals surface area contributed by atoms with E-state index in [1.165, 1.54) is 11.8 Å². The molecule has 0 fully saturated rings. The summed E-state index contributed by atoms with van der Waals surface area (Å²) in [6.45, 7) is 0. The third-order valence-electron chi connectivity index (χ3n) is 2.51. The number of hydrogen-bond donors (Lipinski definition) is 0. The predicted molar refractivity (Wildman–Crippen MR) is 72.8 cm³/mol. The van der Waals surface area contributed by atoms with Crippen molar-refractivity contribution in [3.05, 3.63) is 53.5 Å². The molecule has 0 radical (unpaired) electrons. The van der Waals surface area contributed by atoms with Crippen molar-refractivity contribution in [3.63, 3.8) is 0 Å². The van der Waals surface area contributed by atoms with E-state index in [1.807, 2.05) is 24.3 Å². The van der Waals surface area contributed by atoms with Crippen LogP contribution in [-0.4, -0.2) is 9.97 Å². The minimum Gasteiger partial charge on any atom is -0.440 e. The van der Waals surface area contributed by atoms with Gasteiger partial charge in [0.15, 0.2) is 0 Å². The van der Waals surface area contributed by atoms with Crippen LogP contribution in [-0.2, 0) is 5.75 Å². The smallest absolute Gasteiger partial charge is 0.255 e. The zero-order chi connectivity index (χ0) is 12.4. The summed E-state index contributed by atoms with van der Waals surface area (Å²) in [6, 6.07) is 9.97. The molecule has 3 rings (SSSR count). The highest BCUT2D eigenvalue weighted by atomic mass is 35.5. The molecule has 3 aromatic rings. The highest BCUT2D eigenvalue weighted by Crippen LogP contribution is 2.27. The number of fused-ring (bicyclic) bond motifs is 1. The SMILES string of the molecule is Clc1nc2ccccc2cc1CSc1ncco1. The normalized spacial score (nSPS) is 10.9. The van der Waals surface area contributed by atoms with Crippen molar-refractivity contribution >= 4 is 34.3 Å². The Bertz CT molecular complexity index is 670. The molecule has 0 amide bonds. The molecule has 0 saturated carbocycles. The second-order valence-electron chi connectivity index (χ2n) is 3.72. The number of benzene rings is 1. The van der Waals surface area contributed by atoms with Crippen molar-refractivity contribution in [3.8, 4) is 0 Å². The maximum absolute atomic E-state index is 6.17. The minimum atomic E-state index is 0.535. The molecule has 0 N–H and O–H groups in total. The van der Waals surface area contributed by atoms with Gasteiger partial charge >= 0.3 is 0 Å². The lowest BCUT2D eigenvalue weighted by Gasteiger charge is -2.04. The van der Waals surface area contributed by atoms with E-state index in [-0.39, 0.29) is 0 Å². The van der Waals surface area contributed by atoms with Gasteiger partial charge < -0.3 is 4.42 Å². The molecule has 0 bridgehead atoms. The quantitative estimate of drug-likeness (QED) is 0.532. The maximum atomic E-state index is 6.17. The summed E-state index contributed by atoms with van der Waals surface area (Å²) in [5.41, 5.74) is 1.89. The van der Waals surface area contributed by atoms with E-state index in [4.69, 9.17) is 16.0 Å². The summed E-state index contributed by atoms with van der Waals surface area (Å²) < 4.78 is 5.17. The number of pyridine rings is 1. The molecule has 0 aliphatic carbocycles. The zero-order valence-electron chi connectivity index (χ0n) is 9.34. The van der Waals surface area contributed by atoms with Crippen LogP contribution in [0.3, 0.4) is 0 Å². The Morgan fingerprint density at radius 3 is 3.00 bits per heavy atom. The first-order valence-electron chi connectivity index (χ1n) is 5.39. The summed E-state index contributed by atoms with van der Waals surface area (Å²) in [5, 5.41) is 2.26. The van der Waals surface area contributed by atoms with Crippen molar-refractivity contribution in [2.45, 2.75) is 11.0 Å². The zero-order valence-corrected chi connectivity index (χ0v) is 10.9. The first-order chi connectivity index (χ1) is 8.83. The fourth-order valence-electron chi connectivity index (χ4n) is 1.66. The molecule has 5 heteroatoms. The number of hydrogen-bond acceptors (Lipinski definition) is 4. The van der Waals surface area contributed by atoms with Crippen LogP contribution in [0.1, 0.15) is 5.56 Å². The van der Waals surface area contributed by atoms with Crippen LogP contribution in [0.5, 0.6) is 0 Å². The summed E-state index contributed by atoms with van der Waals surface area (Å²) in [6.07, 6.45) is 3.19. The summed E-state index contributed by atoms with van der Waals surface area (Å²) in [7, 11) is 0. The van der Waals surface area contributed by atoms with Crippen molar-refractivity contribution in [1.82, 2.24) is 9.97 Å². The van der Waals surface area contributed by atoms with Crippen molar-refractivity contribution in [1.29, 1.82) is 0 Å². The number of thioether (sulfide) groups is 1. The molecule has 1 aromatic carbocycles. The Morgan fingerprint density at radius 2 is 2.17 bits per heavy atom. The third-order valence-corrected chi connectivity index (χ3v) is 3.74.